The zero-order chi connectivity index (χ0) is 32.2. The third kappa shape index (κ3) is 7.63. The standard InChI is InChI=1S/C30H30Cl2N6O6/c1-6-23(16-8-7-9-19(31)12-16)38(29(42)44-30(2,3)4)37-25(39)17-10-11-21(32)22(14-17)34-26(40)20-13-18-15-33-28(43-5)36-24(18)35-27(20)41/h7-15,23H,6H2,1-5H3,(H,34,40)(H,37,39)(H,33,35,36,41). The molecule has 0 spiro atoms. The Hall–Kier alpha value is -4.68. The second kappa shape index (κ2) is 13.3. The zero-order valence-corrected chi connectivity index (χ0v) is 26.0. The van der Waals surface area contributed by atoms with E-state index < -0.39 is 35.1 Å². The van der Waals surface area contributed by atoms with Crippen LogP contribution in [0.2, 0.25) is 10.0 Å². The minimum Gasteiger partial charge on any atom is -0.467 e. The lowest BCUT2D eigenvalue weighted by Crippen LogP contribution is -2.50. The molecule has 0 bridgehead atoms. The van der Waals surface area contributed by atoms with Gasteiger partial charge in [-0.25, -0.2) is 14.8 Å². The van der Waals surface area contributed by atoms with E-state index in [1.165, 1.54) is 37.6 Å². The molecule has 14 heteroatoms. The highest BCUT2D eigenvalue weighted by Gasteiger charge is 2.31. The smallest absolute Gasteiger partial charge is 0.429 e. The predicted molar refractivity (Wildman–Crippen MR) is 166 cm³/mol. The van der Waals surface area contributed by atoms with Crippen LogP contribution < -0.4 is 21.0 Å². The van der Waals surface area contributed by atoms with Crippen LogP contribution in [0.1, 0.15) is 66.4 Å². The third-order valence-corrected chi connectivity index (χ3v) is 6.78. The fourth-order valence-corrected chi connectivity index (χ4v) is 4.58. The van der Waals surface area contributed by atoms with Gasteiger partial charge in [0.1, 0.15) is 16.8 Å². The van der Waals surface area contributed by atoms with Crippen molar-refractivity contribution >= 4 is 57.8 Å². The van der Waals surface area contributed by atoms with Gasteiger partial charge in [0.2, 0.25) is 0 Å². The van der Waals surface area contributed by atoms with Crippen molar-refractivity contribution in [1.82, 2.24) is 25.4 Å². The van der Waals surface area contributed by atoms with Crippen molar-refractivity contribution < 1.29 is 23.9 Å². The van der Waals surface area contributed by atoms with Crippen molar-refractivity contribution in [2.75, 3.05) is 12.4 Å². The summed E-state index contributed by atoms with van der Waals surface area (Å²) in [4.78, 5) is 63.1. The number of H-pyrrole nitrogens is 1. The Morgan fingerprint density at radius 3 is 2.48 bits per heavy atom. The van der Waals surface area contributed by atoms with Gasteiger partial charge in [0.05, 0.1) is 23.9 Å². The number of halogens is 2. The van der Waals surface area contributed by atoms with Crippen molar-refractivity contribution in [3.8, 4) is 6.01 Å². The Bertz CT molecular complexity index is 1790. The number of aromatic amines is 1. The molecule has 4 rings (SSSR count). The molecule has 2 heterocycles. The maximum Gasteiger partial charge on any atom is 0.429 e. The van der Waals surface area contributed by atoms with Crippen LogP contribution in [0, 0.1) is 0 Å². The van der Waals surface area contributed by atoms with Gasteiger partial charge in [0.15, 0.2) is 0 Å². The molecular formula is C30H30Cl2N6O6. The van der Waals surface area contributed by atoms with Crippen LogP contribution in [0.5, 0.6) is 6.01 Å². The van der Waals surface area contributed by atoms with Crippen molar-refractivity contribution in [3.05, 3.63) is 91.8 Å². The Balaban J connectivity index is 1.61. The molecule has 0 aliphatic rings. The van der Waals surface area contributed by atoms with Crippen molar-refractivity contribution in [3.63, 3.8) is 0 Å². The average molecular weight is 642 g/mol. The molecule has 44 heavy (non-hydrogen) atoms. The molecule has 1 unspecified atom stereocenters. The molecular weight excluding hydrogens is 611 g/mol. The average Bonchev–Trinajstić information content (AvgIpc) is 2.96. The summed E-state index contributed by atoms with van der Waals surface area (Å²) >= 11 is 12.5. The first-order valence-electron chi connectivity index (χ1n) is 13.4. The molecule has 3 N–H and O–H groups in total. The number of ether oxygens (including phenoxy) is 2. The lowest BCUT2D eigenvalue weighted by molar-refractivity contribution is 0.00119. The summed E-state index contributed by atoms with van der Waals surface area (Å²) < 4.78 is 10.5. The van der Waals surface area contributed by atoms with E-state index in [0.29, 0.717) is 22.4 Å². The molecule has 2 aromatic heterocycles. The first-order chi connectivity index (χ1) is 20.8. The lowest BCUT2D eigenvalue weighted by atomic mass is 10.0. The maximum absolute atomic E-state index is 13.5. The van der Waals surface area contributed by atoms with Gasteiger partial charge in [-0.1, -0.05) is 42.3 Å². The quantitative estimate of drug-likeness (QED) is 0.210. The summed E-state index contributed by atoms with van der Waals surface area (Å²) in [5.41, 5.74) is 1.84. The zero-order valence-electron chi connectivity index (χ0n) is 24.5. The first kappa shape index (κ1) is 32.2. The SMILES string of the molecule is CCC(c1cccc(Cl)c1)N(NC(=O)c1ccc(Cl)c(NC(=O)c2cc3cnc(OC)nc3[nH]c2=O)c1)C(=O)OC(C)(C)C. The number of carbonyl (C=O) groups excluding carboxylic acids is 3. The van der Waals surface area contributed by atoms with Crippen molar-refractivity contribution in [1.29, 1.82) is 0 Å². The number of nitrogens with one attached hydrogen (secondary N) is 3. The predicted octanol–water partition coefficient (Wildman–Crippen LogP) is 5.92. The molecule has 0 fully saturated rings. The number of amides is 3. The van der Waals surface area contributed by atoms with E-state index in [-0.39, 0.29) is 33.5 Å². The molecule has 3 amide bonds. The largest absolute Gasteiger partial charge is 0.467 e. The van der Waals surface area contributed by atoms with E-state index in [1.807, 2.05) is 6.92 Å². The maximum atomic E-state index is 13.5. The van der Waals surface area contributed by atoms with Crippen LogP contribution in [0.4, 0.5) is 10.5 Å². The molecule has 230 valence electrons. The summed E-state index contributed by atoms with van der Waals surface area (Å²) in [6.45, 7) is 6.99. The Kier molecular flexibility index (Phi) is 9.75. The number of carbonyl (C=O) groups is 3. The molecule has 4 aromatic rings. The van der Waals surface area contributed by atoms with Crippen LogP contribution in [0.15, 0.2) is 59.5 Å². The summed E-state index contributed by atoms with van der Waals surface area (Å²) in [5.74, 6) is -1.47. The van der Waals surface area contributed by atoms with Crippen LogP contribution >= 0.6 is 23.2 Å². The van der Waals surface area contributed by atoms with E-state index in [0.717, 1.165) is 5.01 Å². The second-order valence-electron chi connectivity index (χ2n) is 10.6. The highest BCUT2D eigenvalue weighted by molar-refractivity contribution is 6.34. The van der Waals surface area contributed by atoms with Crippen LogP contribution in [0.25, 0.3) is 11.0 Å². The number of nitrogens with zero attached hydrogens (tertiary/aromatic N) is 3. The highest BCUT2D eigenvalue weighted by atomic mass is 35.5. The number of fused-ring (bicyclic) bond motifs is 1. The molecule has 0 aliphatic carbocycles. The number of anilines is 1. The summed E-state index contributed by atoms with van der Waals surface area (Å²) in [7, 11) is 1.38. The summed E-state index contributed by atoms with van der Waals surface area (Å²) in [6.07, 6.45) is 1.03. The van der Waals surface area contributed by atoms with Crippen LogP contribution in [-0.4, -0.2) is 50.6 Å². The van der Waals surface area contributed by atoms with Crippen LogP contribution in [0.3, 0.4) is 0 Å². The van der Waals surface area contributed by atoms with Crippen LogP contribution in [-0.2, 0) is 4.74 Å². The van der Waals surface area contributed by atoms with Gasteiger partial charge in [0.25, 0.3) is 17.4 Å². The molecule has 0 saturated heterocycles. The minimum atomic E-state index is -0.844. The minimum absolute atomic E-state index is 0.0512. The molecule has 12 nitrogen and oxygen atoms in total. The van der Waals surface area contributed by atoms with Gasteiger partial charge in [-0.2, -0.15) is 4.98 Å². The second-order valence-corrected chi connectivity index (χ2v) is 11.4. The monoisotopic (exact) mass is 640 g/mol. The van der Waals surface area contributed by atoms with E-state index in [2.05, 4.69) is 25.7 Å². The number of methoxy groups -OCH3 is 1. The normalized spacial score (nSPS) is 11.9. The fourth-order valence-electron chi connectivity index (χ4n) is 4.21. The Morgan fingerprint density at radius 2 is 1.82 bits per heavy atom. The number of benzene rings is 2. The van der Waals surface area contributed by atoms with E-state index in [9.17, 15) is 19.2 Å². The fraction of sp³-hybridized carbons (Fsp3) is 0.267. The first-order valence-corrected chi connectivity index (χ1v) is 14.2. The van der Waals surface area contributed by atoms with E-state index >= 15 is 0 Å². The topological polar surface area (TPSA) is 156 Å². The van der Waals surface area contributed by atoms with Crippen molar-refractivity contribution in [2.45, 2.75) is 45.8 Å². The van der Waals surface area contributed by atoms with Gasteiger partial charge in [-0.3, -0.25) is 19.8 Å². The molecule has 1 atom stereocenters. The summed E-state index contributed by atoms with van der Waals surface area (Å²) in [6, 6.07) is 11.8. The number of hydrogen-bond donors (Lipinski definition) is 3. The molecule has 2 aromatic carbocycles. The van der Waals surface area contributed by atoms with E-state index in [4.69, 9.17) is 32.7 Å². The number of rotatable bonds is 7. The van der Waals surface area contributed by atoms with Gasteiger partial charge >= 0.3 is 12.1 Å². The molecule has 0 aliphatic heterocycles. The number of aromatic nitrogens is 3. The number of pyridine rings is 1. The molecule has 0 radical (unpaired) electrons. The number of hydrazine groups is 1. The number of hydrogen-bond acceptors (Lipinski definition) is 8. The van der Waals surface area contributed by atoms with Gasteiger partial charge < -0.3 is 19.8 Å². The summed E-state index contributed by atoms with van der Waals surface area (Å²) in [5, 5.41) is 4.64. The third-order valence-electron chi connectivity index (χ3n) is 6.22. The van der Waals surface area contributed by atoms with Gasteiger partial charge in [-0.15, -0.1) is 0 Å². The van der Waals surface area contributed by atoms with Gasteiger partial charge in [-0.05, 0) is 69.2 Å². The molecule has 0 saturated carbocycles. The van der Waals surface area contributed by atoms with Crippen molar-refractivity contribution in [2.24, 2.45) is 0 Å². The van der Waals surface area contributed by atoms with Gasteiger partial charge in [0, 0.05) is 22.2 Å². The Labute approximate surface area is 262 Å². The highest BCUT2D eigenvalue weighted by Crippen LogP contribution is 2.28. The lowest BCUT2D eigenvalue weighted by Gasteiger charge is -2.33. The Morgan fingerprint density at radius 1 is 1.07 bits per heavy atom. The van der Waals surface area contributed by atoms with E-state index in [1.54, 1.807) is 45.0 Å².